The molecule has 9 nitrogen and oxygen atoms in total. The number of aromatic amines is 1. The topological polar surface area (TPSA) is 119 Å². The first-order valence-corrected chi connectivity index (χ1v) is 12.4. The van der Waals surface area contributed by atoms with Crippen LogP contribution in [0.3, 0.4) is 0 Å². The van der Waals surface area contributed by atoms with E-state index in [1.165, 1.54) is 0 Å². The number of amides is 1. The molecule has 1 aromatic heterocycles. The molecule has 1 fully saturated rings. The third kappa shape index (κ3) is 5.77. The molecule has 4 rings (SSSR count). The van der Waals surface area contributed by atoms with Gasteiger partial charge in [-0.15, -0.1) is 6.42 Å². The fourth-order valence-corrected chi connectivity index (χ4v) is 5.14. The van der Waals surface area contributed by atoms with Crippen LogP contribution in [-0.4, -0.2) is 44.8 Å². The molecule has 1 saturated carbocycles. The molecule has 1 aliphatic carbocycles. The Labute approximate surface area is 215 Å². The van der Waals surface area contributed by atoms with Gasteiger partial charge in [-0.1, -0.05) is 35.3 Å². The van der Waals surface area contributed by atoms with Crippen molar-refractivity contribution < 1.29 is 9.53 Å². The van der Waals surface area contributed by atoms with Gasteiger partial charge >= 0.3 is 0 Å². The van der Waals surface area contributed by atoms with Crippen LogP contribution < -0.4 is 10.1 Å². The largest absolute Gasteiger partial charge is 0.481 e. The lowest BCUT2D eigenvalue weighted by Gasteiger charge is -2.42. The van der Waals surface area contributed by atoms with Crippen molar-refractivity contribution in [2.75, 3.05) is 13.2 Å². The third-order valence-corrected chi connectivity index (χ3v) is 7.02. The highest BCUT2D eigenvalue weighted by Gasteiger charge is 2.37. The second kappa shape index (κ2) is 11.4. The number of carbonyl (C=O) groups is 1. The van der Waals surface area contributed by atoms with Gasteiger partial charge in [0.15, 0.2) is 5.82 Å². The number of hydrogen-bond acceptors (Lipinski definition) is 6. The summed E-state index contributed by atoms with van der Waals surface area (Å²) in [6.45, 7) is 3.41. The maximum absolute atomic E-state index is 13.5. The van der Waals surface area contributed by atoms with Crippen LogP contribution in [0, 0.1) is 12.3 Å². The standard InChI is InChI=1S/C26H29N7O2S/c1-3-15-35-20-12-10-18(11-13-20)17-28-26(36)14-6-7-19(16-26)33(4-2)25(34)24-29-21-8-5-9-22(31-32-27)23(21)30-24/h1,5,8-13,19,28,36H,4,6-7,14-17H2,2H3,(H,29,30)/t19-,26?/m0/s1. The molecule has 2 aromatic carbocycles. The molecule has 1 unspecified atom stereocenters. The molecule has 3 aromatic rings. The number of thiol groups is 1. The number of carbonyl (C=O) groups excluding carboxylic acids is 1. The van der Waals surface area contributed by atoms with Crippen LogP contribution >= 0.6 is 12.6 Å². The van der Waals surface area contributed by atoms with Gasteiger partial charge in [0, 0.05) is 24.0 Å². The predicted octanol–water partition coefficient (Wildman–Crippen LogP) is 5.34. The molecular formula is C26H29N7O2S. The summed E-state index contributed by atoms with van der Waals surface area (Å²) in [6, 6.07) is 13.1. The van der Waals surface area contributed by atoms with Crippen LogP contribution in [-0.2, 0) is 6.54 Å². The van der Waals surface area contributed by atoms with Crippen molar-refractivity contribution in [1.82, 2.24) is 20.2 Å². The maximum Gasteiger partial charge on any atom is 0.289 e. The second-order valence-electron chi connectivity index (χ2n) is 8.81. The number of nitrogens with one attached hydrogen (secondary N) is 2. The van der Waals surface area contributed by atoms with Gasteiger partial charge in [-0.2, -0.15) is 12.6 Å². The summed E-state index contributed by atoms with van der Waals surface area (Å²) in [6.07, 6.45) is 8.70. The van der Waals surface area contributed by atoms with E-state index < -0.39 is 4.87 Å². The summed E-state index contributed by atoms with van der Waals surface area (Å²) >= 11 is 5.01. The zero-order valence-corrected chi connectivity index (χ0v) is 21.0. The summed E-state index contributed by atoms with van der Waals surface area (Å²) in [5, 5.41) is 7.28. The van der Waals surface area contributed by atoms with E-state index in [-0.39, 0.29) is 24.4 Å². The fourth-order valence-electron chi connectivity index (χ4n) is 4.70. The van der Waals surface area contributed by atoms with Crippen LogP contribution in [0.15, 0.2) is 47.6 Å². The van der Waals surface area contributed by atoms with Gasteiger partial charge in [0.1, 0.15) is 12.4 Å². The average Bonchev–Trinajstić information content (AvgIpc) is 3.33. The number of ether oxygens (including phenoxy) is 1. The Morgan fingerprint density at radius 3 is 2.94 bits per heavy atom. The summed E-state index contributed by atoms with van der Waals surface area (Å²) in [7, 11) is 0. The van der Waals surface area contributed by atoms with E-state index in [0.29, 0.717) is 36.2 Å². The number of azide groups is 1. The predicted molar refractivity (Wildman–Crippen MR) is 143 cm³/mol. The summed E-state index contributed by atoms with van der Waals surface area (Å²) in [5.41, 5.74) is 11.5. The van der Waals surface area contributed by atoms with E-state index in [1.807, 2.05) is 42.2 Å². The monoisotopic (exact) mass is 503 g/mol. The highest BCUT2D eigenvalue weighted by atomic mass is 32.1. The van der Waals surface area contributed by atoms with Crippen molar-refractivity contribution >= 4 is 35.3 Å². The number of imidazole rings is 1. The number of benzene rings is 2. The summed E-state index contributed by atoms with van der Waals surface area (Å²) in [4.78, 5) is 25.3. The molecule has 36 heavy (non-hydrogen) atoms. The zero-order chi connectivity index (χ0) is 25.5. The van der Waals surface area contributed by atoms with Gasteiger partial charge in [0.2, 0.25) is 0 Å². The first kappa shape index (κ1) is 25.5. The van der Waals surface area contributed by atoms with Crippen molar-refractivity contribution in [3.8, 4) is 18.1 Å². The molecule has 1 aliphatic rings. The molecule has 0 saturated heterocycles. The lowest BCUT2D eigenvalue weighted by atomic mass is 9.88. The zero-order valence-electron chi connectivity index (χ0n) is 20.1. The molecule has 0 radical (unpaired) electrons. The number of rotatable bonds is 9. The van der Waals surface area contributed by atoms with Crippen molar-refractivity contribution in [1.29, 1.82) is 0 Å². The van der Waals surface area contributed by atoms with Gasteiger partial charge in [-0.05, 0) is 61.9 Å². The molecule has 0 aliphatic heterocycles. The minimum absolute atomic E-state index is 0.0191. The van der Waals surface area contributed by atoms with Crippen molar-refractivity contribution in [3.63, 3.8) is 0 Å². The summed E-state index contributed by atoms with van der Waals surface area (Å²) in [5.74, 6) is 3.26. The molecule has 0 bridgehead atoms. The molecule has 186 valence electrons. The molecule has 1 amide bonds. The van der Waals surface area contributed by atoms with Gasteiger partial charge in [0.05, 0.1) is 21.6 Å². The number of fused-ring (bicyclic) bond motifs is 1. The van der Waals surface area contributed by atoms with E-state index in [9.17, 15) is 4.79 Å². The lowest BCUT2D eigenvalue weighted by Crippen LogP contribution is -2.51. The highest BCUT2D eigenvalue weighted by Crippen LogP contribution is 2.35. The number of hydrogen-bond donors (Lipinski definition) is 3. The van der Waals surface area contributed by atoms with Crippen molar-refractivity contribution in [3.05, 3.63) is 64.3 Å². The van der Waals surface area contributed by atoms with E-state index in [2.05, 4.69) is 31.2 Å². The number of terminal acetylenes is 1. The Bertz CT molecular complexity index is 1310. The highest BCUT2D eigenvalue weighted by molar-refractivity contribution is 7.81. The number of H-pyrrole nitrogens is 1. The third-order valence-electron chi connectivity index (χ3n) is 6.46. The van der Waals surface area contributed by atoms with Crippen LogP contribution in [0.2, 0.25) is 0 Å². The number of para-hydroxylation sites is 1. The van der Waals surface area contributed by atoms with Crippen LogP contribution in [0.25, 0.3) is 21.5 Å². The van der Waals surface area contributed by atoms with E-state index >= 15 is 0 Å². The summed E-state index contributed by atoms with van der Waals surface area (Å²) < 4.78 is 5.44. The quantitative estimate of drug-likeness (QED) is 0.0912. The van der Waals surface area contributed by atoms with Crippen molar-refractivity contribution in [2.24, 2.45) is 5.11 Å². The molecular weight excluding hydrogens is 474 g/mol. The van der Waals surface area contributed by atoms with Crippen LogP contribution in [0.5, 0.6) is 5.75 Å². The van der Waals surface area contributed by atoms with Gasteiger partial charge in [-0.25, -0.2) is 4.98 Å². The lowest BCUT2D eigenvalue weighted by molar-refractivity contribution is 0.0606. The van der Waals surface area contributed by atoms with E-state index in [4.69, 9.17) is 29.3 Å². The Kier molecular flexibility index (Phi) is 8.06. The minimum atomic E-state index is -0.405. The second-order valence-corrected chi connectivity index (χ2v) is 9.67. The molecule has 1 heterocycles. The smallest absolute Gasteiger partial charge is 0.289 e. The Hall–Kier alpha value is -3.64. The van der Waals surface area contributed by atoms with E-state index in [1.54, 1.807) is 12.1 Å². The molecule has 10 heteroatoms. The van der Waals surface area contributed by atoms with Crippen molar-refractivity contribution in [2.45, 2.75) is 50.1 Å². The normalized spacial score (nSPS) is 19.3. The maximum atomic E-state index is 13.5. The Balaban J connectivity index is 1.44. The minimum Gasteiger partial charge on any atom is -0.481 e. The fraction of sp³-hybridized carbons (Fsp3) is 0.385. The molecule has 0 spiro atoms. The van der Waals surface area contributed by atoms with Crippen LogP contribution in [0.4, 0.5) is 5.69 Å². The Morgan fingerprint density at radius 2 is 2.22 bits per heavy atom. The SMILES string of the molecule is C#CCOc1ccc(CNC2(S)CCC[C@H](N(CC)C(=O)c3nc4c(N=[N+]=[N-])cccc4[nH]3)C2)cc1. The van der Waals surface area contributed by atoms with Gasteiger partial charge in [0.25, 0.3) is 5.91 Å². The van der Waals surface area contributed by atoms with E-state index in [0.717, 1.165) is 30.6 Å². The average molecular weight is 504 g/mol. The van der Waals surface area contributed by atoms with Crippen LogP contribution in [0.1, 0.15) is 48.8 Å². The van der Waals surface area contributed by atoms with Gasteiger partial charge in [-0.3, -0.25) is 10.1 Å². The Morgan fingerprint density at radius 1 is 1.42 bits per heavy atom. The first-order chi connectivity index (χ1) is 17.5. The number of nitrogens with zero attached hydrogens (tertiary/aromatic N) is 5. The molecule has 2 atom stereocenters. The number of aromatic nitrogens is 2. The van der Waals surface area contributed by atoms with Gasteiger partial charge < -0.3 is 14.6 Å². The molecule has 2 N–H and O–H groups in total. The first-order valence-electron chi connectivity index (χ1n) is 11.9.